The third-order valence-corrected chi connectivity index (χ3v) is 5.50. The minimum absolute atomic E-state index is 0.543. The van der Waals surface area contributed by atoms with Gasteiger partial charge < -0.3 is 0 Å². The van der Waals surface area contributed by atoms with Crippen LogP contribution in [0, 0.1) is 0 Å². The van der Waals surface area contributed by atoms with Crippen molar-refractivity contribution < 1.29 is 0 Å². The van der Waals surface area contributed by atoms with Gasteiger partial charge in [0.2, 0.25) is 0 Å². The van der Waals surface area contributed by atoms with E-state index in [4.69, 9.17) is 5.73 Å². The van der Waals surface area contributed by atoms with Gasteiger partial charge in [-0.1, -0.05) is 0 Å². The van der Waals surface area contributed by atoms with Crippen LogP contribution in [0.2, 0.25) is 5.32 Å². The van der Waals surface area contributed by atoms with Gasteiger partial charge in [-0.05, 0) is 0 Å². The summed E-state index contributed by atoms with van der Waals surface area (Å²) in [6.07, 6.45) is 1.24. The molecule has 1 rings (SSSR count). The van der Waals surface area contributed by atoms with Crippen LogP contribution in [0.15, 0.2) is 0 Å². The second-order valence-electron chi connectivity index (χ2n) is 1.66. The van der Waals surface area contributed by atoms with Crippen molar-refractivity contribution in [3.8, 4) is 0 Å². The Morgan fingerprint density at radius 2 is 2.57 bits per heavy atom. The Morgan fingerprint density at radius 3 is 2.86 bits per heavy atom. The van der Waals surface area contributed by atoms with Crippen LogP contribution in [0.5, 0.6) is 0 Å². The van der Waals surface area contributed by atoms with E-state index < -0.39 is 0 Å². The molecule has 2 N–H and O–H groups in total. The molecule has 1 saturated heterocycles. The molecule has 7 heavy (non-hydrogen) atoms. The third-order valence-electron chi connectivity index (χ3n) is 0.937. The third kappa shape index (κ3) is 2.04. The van der Waals surface area contributed by atoms with Crippen molar-refractivity contribution in [3.05, 3.63) is 0 Å². The zero-order valence-corrected chi connectivity index (χ0v) is 6.62. The van der Waals surface area contributed by atoms with Crippen molar-refractivity contribution in [2.24, 2.45) is 5.73 Å². The zero-order chi connectivity index (χ0) is 5.11. The second-order valence-corrected chi connectivity index (χ2v) is 6.20. The quantitative estimate of drug-likeness (QED) is 0.552. The average Bonchev–Trinajstić information content (AvgIpc) is 1.69. The van der Waals surface area contributed by atoms with Gasteiger partial charge >= 0.3 is 53.3 Å². The van der Waals surface area contributed by atoms with Gasteiger partial charge in [0.1, 0.15) is 0 Å². The van der Waals surface area contributed by atoms with E-state index in [2.05, 4.69) is 10.2 Å². The van der Waals surface area contributed by atoms with Crippen molar-refractivity contribution in [3.63, 3.8) is 0 Å². The molecule has 0 amide bonds. The molecule has 0 aromatic carbocycles. The predicted octanol–water partition coefficient (Wildman–Crippen LogP) is 0.488. The van der Waals surface area contributed by atoms with Crippen molar-refractivity contribution in [2.75, 3.05) is 5.75 Å². The molecule has 0 aromatic rings. The molecule has 0 bridgehead atoms. The van der Waals surface area contributed by atoms with E-state index >= 15 is 0 Å². The van der Waals surface area contributed by atoms with Crippen molar-refractivity contribution in [1.82, 2.24) is 0 Å². The SMILES string of the molecule is N[C@H]1CCS[Se]C1. The first-order valence-corrected chi connectivity index (χ1v) is 6.61. The van der Waals surface area contributed by atoms with Gasteiger partial charge in [0.05, 0.1) is 0 Å². The van der Waals surface area contributed by atoms with Gasteiger partial charge in [0.25, 0.3) is 0 Å². The monoisotopic (exact) mass is 183 g/mol. The summed E-state index contributed by atoms with van der Waals surface area (Å²) in [5, 5.41) is 1.29. The fraction of sp³-hybridized carbons (Fsp3) is 1.00. The van der Waals surface area contributed by atoms with Crippen LogP contribution in [0.25, 0.3) is 0 Å². The zero-order valence-electron chi connectivity index (χ0n) is 4.09. The molecular formula is C4H9NSSe. The normalized spacial score (nSPS) is 33.0. The molecule has 0 aromatic heterocycles. The standard InChI is InChI=1S/C4H9NSSe/c5-4-1-2-6-7-3-4/h4H,1-3,5H2/t4-/m0/s1. The van der Waals surface area contributed by atoms with Crippen LogP contribution < -0.4 is 5.73 Å². The molecule has 0 aliphatic carbocycles. The van der Waals surface area contributed by atoms with E-state index in [9.17, 15) is 0 Å². The van der Waals surface area contributed by atoms with E-state index in [0.29, 0.717) is 6.04 Å². The molecule has 0 saturated carbocycles. The summed E-state index contributed by atoms with van der Waals surface area (Å²) in [5.74, 6) is 1.31. The molecule has 1 aliphatic heterocycles. The molecule has 0 unspecified atom stereocenters. The Balaban J connectivity index is 2.12. The van der Waals surface area contributed by atoms with Crippen molar-refractivity contribution in [2.45, 2.75) is 17.8 Å². The van der Waals surface area contributed by atoms with Gasteiger partial charge in [-0.15, -0.1) is 0 Å². The fourth-order valence-electron chi connectivity index (χ4n) is 0.477. The molecule has 0 radical (unpaired) electrons. The topological polar surface area (TPSA) is 26.0 Å². The summed E-state index contributed by atoms with van der Waals surface area (Å²) in [6.45, 7) is 0. The van der Waals surface area contributed by atoms with Gasteiger partial charge in [-0.25, -0.2) is 0 Å². The molecule has 1 atom stereocenters. The van der Waals surface area contributed by atoms with Crippen LogP contribution in [-0.2, 0) is 0 Å². The Hall–Kier alpha value is 0.829. The summed E-state index contributed by atoms with van der Waals surface area (Å²) >= 11 is 0.817. The molecule has 1 fully saturated rings. The number of hydrogen-bond donors (Lipinski definition) is 1. The van der Waals surface area contributed by atoms with E-state index in [1.807, 2.05) is 0 Å². The van der Waals surface area contributed by atoms with Crippen LogP contribution in [0.1, 0.15) is 6.42 Å². The molecule has 1 aliphatic rings. The Labute approximate surface area is 53.6 Å². The molecule has 42 valence electrons. The van der Waals surface area contributed by atoms with Crippen molar-refractivity contribution >= 4 is 24.0 Å². The van der Waals surface area contributed by atoms with Crippen LogP contribution >= 0.6 is 10.2 Å². The number of rotatable bonds is 0. The molecule has 0 spiro atoms. The van der Waals surface area contributed by atoms with Gasteiger partial charge in [-0.3, -0.25) is 0 Å². The summed E-state index contributed by atoms with van der Waals surface area (Å²) < 4.78 is 0. The summed E-state index contributed by atoms with van der Waals surface area (Å²) in [4.78, 5) is 0. The first-order chi connectivity index (χ1) is 3.39. The van der Waals surface area contributed by atoms with E-state index in [1.54, 1.807) is 0 Å². The number of hydrogen-bond acceptors (Lipinski definition) is 2. The molecule has 1 heterocycles. The Morgan fingerprint density at radius 1 is 1.71 bits per heavy atom. The first-order valence-electron chi connectivity index (χ1n) is 2.39. The van der Waals surface area contributed by atoms with Crippen LogP contribution in [0.3, 0.4) is 0 Å². The first kappa shape index (κ1) is 5.96. The van der Waals surface area contributed by atoms with E-state index in [1.165, 1.54) is 17.5 Å². The molecule has 1 nitrogen and oxygen atoms in total. The van der Waals surface area contributed by atoms with Crippen LogP contribution in [-0.4, -0.2) is 25.6 Å². The maximum atomic E-state index is 5.64. The minimum atomic E-state index is 0.543. The van der Waals surface area contributed by atoms with E-state index in [-0.39, 0.29) is 0 Å². The predicted molar refractivity (Wildman–Crippen MR) is 35.6 cm³/mol. The summed E-state index contributed by atoms with van der Waals surface area (Å²) in [5.41, 5.74) is 5.64. The maximum absolute atomic E-state index is 5.64. The summed E-state index contributed by atoms with van der Waals surface area (Å²) in [6, 6.07) is 0.543. The van der Waals surface area contributed by atoms with Gasteiger partial charge in [-0.2, -0.15) is 0 Å². The summed E-state index contributed by atoms with van der Waals surface area (Å²) in [7, 11) is 2.08. The molecule has 3 heteroatoms. The average molecular weight is 182 g/mol. The molecular weight excluding hydrogens is 173 g/mol. The Kier molecular flexibility index (Phi) is 2.53. The van der Waals surface area contributed by atoms with Crippen LogP contribution in [0.4, 0.5) is 0 Å². The fourth-order valence-corrected chi connectivity index (χ4v) is 4.67. The van der Waals surface area contributed by atoms with Gasteiger partial charge in [0.15, 0.2) is 0 Å². The second kappa shape index (κ2) is 2.98. The van der Waals surface area contributed by atoms with Crippen molar-refractivity contribution in [1.29, 1.82) is 0 Å². The van der Waals surface area contributed by atoms with E-state index in [0.717, 1.165) is 13.8 Å². The van der Waals surface area contributed by atoms with Gasteiger partial charge in [0, 0.05) is 0 Å². The number of nitrogens with two attached hydrogens (primary N) is 1. The Bertz CT molecular complexity index is 53.7.